The molecule has 2 aromatic heterocycles. The van der Waals surface area contributed by atoms with Crippen molar-refractivity contribution in [2.75, 3.05) is 13.1 Å². The van der Waals surface area contributed by atoms with Gasteiger partial charge in [-0.1, -0.05) is 12.1 Å². The van der Waals surface area contributed by atoms with Crippen molar-refractivity contribution >= 4 is 5.91 Å². The number of H-pyrrole nitrogens is 1. The molecule has 1 unspecified atom stereocenters. The zero-order valence-corrected chi connectivity index (χ0v) is 14.9. The van der Waals surface area contributed by atoms with Gasteiger partial charge in [-0.05, 0) is 35.4 Å². The Morgan fingerprint density at radius 2 is 2.07 bits per heavy atom. The fourth-order valence-corrected chi connectivity index (χ4v) is 3.22. The van der Waals surface area contributed by atoms with Crippen molar-refractivity contribution in [3.05, 3.63) is 71.9 Å². The SMILES string of the molecule is N#Cc1ccnc(OC2CCN(C(=O)c3cc(-c4ccc(F)cc4)c[nH]3)C2)c1. The monoisotopic (exact) mass is 376 g/mol. The summed E-state index contributed by atoms with van der Waals surface area (Å²) in [6.07, 6.45) is 3.79. The second-order valence-corrected chi connectivity index (χ2v) is 6.58. The maximum atomic E-state index is 13.1. The third-order valence-corrected chi connectivity index (χ3v) is 4.67. The number of likely N-dealkylation sites (tertiary alicyclic amines) is 1. The summed E-state index contributed by atoms with van der Waals surface area (Å²) in [7, 11) is 0. The van der Waals surface area contributed by atoms with Crippen LogP contribution < -0.4 is 4.74 Å². The summed E-state index contributed by atoms with van der Waals surface area (Å²) in [6, 6.07) is 13.1. The zero-order valence-electron chi connectivity index (χ0n) is 14.9. The van der Waals surface area contributed by atoms with Gasteiger partial charge in [-0.3, -0.25) is 4.79 Å². The summed E-state index contributed by atoms with van der Waals surface area (Å²) in [5, 5.41) is 8.95. The predicted octanol–water partition coefficient (Wildman–Crippen LogP) is 3.38. The summed E-state index contributed by atoms with van der Waals surface area (Å²) in [5.74, 6) is -0.0245. The van der Waals surface area contributed by atoms with Crippen LogP contribution in [0.1, 0.15) is 22.5 Å². The maximum Gasteiger partial charge on any atom is 0.270 e. The molecule has 0 saturated carbocycles. The summed E-state index contributed by atoms with van der Waals surface area (Å²) in [5.41, 5.74) is 2.62. The van der Waals surface area contributed by atoms with E-state index in [2.05, 4.69) is 16.0 Å². The molecule has 140 valence electrons. The first-order chi connectivity index (χ1) is 13.6. The highest BCUT2D eigenvalue weighted by Gasteiger charge is 2.29. The topological polar surface area (TPSA) is 82.0 Å². The van der Waals surface area contributed by atoms with Gasteiger partial charge in [0.2, 0.25) is 5.88 Å². The highest BCUT2D eigenvalue weighted by atomic mass is 19.1. The molecule has 0 spiro atoms. The summed E-state index contributed by atoms with van der Waals surface area (Å²) in [4.78, 5) is 21.6. The Morgan fingerprint density at radius 3 is 2.86 bits per heavy atom. The molecule has 3 heterocycles. The molecule has 1 aromatic carbocycles. The average Bonchev–Trinajstić information content (AvgIpc) is 3.38. The van der Waals surface area contributed by atoms with Gasteiger partial charge in [-0.15, -0.1) is 0 Å². The summed E-state index contributed by atoms with van der Waals surface area (Å²) < 4.78 is 18.9. The van der Waals surface area contributed by atoms with Crippen LogP contribution >= 0.6 is 0 Å². The molecule has 1 amide bonds. The van der Waals surface area contributed by atoms with E-state index in [0.29, 0.717) is 36.6 Å². The van der Waals surface area contributed by atoms with Gasteiger partial charge in [0, 0.05) is 31.4 Å². The van der Waals surface area contributed by atoms with Crippen LogP contribution in [0.25, 0.3) is 11.1 Å². The number of carbonyl (C=O) groups excluding carboxylic acids is 1. The van der Waals surface area contributed by atoms with E-state index in [4.69, 9.17) is 10.00 Å². The molecule has 1 atom stereocenters. The number of ether oxygens (including phenoxy) is 1. The molecule has 0 bridgehead atoms. The number of hydrogen-bond donors (Lipinski definition) is 1. The van der Waals surface area contributed by atoms with E-state index in [1.54, 1.807) is 41.4 Å². The lowest BCUT2D eigenvalue weighted by molar-refractivity contribution is 0.0766. The van der Waals surface area contributed by atoms with Crippen LogP contribution in [0, 0.1) is 17.1 Å². The first-order valence-corrected chi connectivity index (χ1v) is 8.89. The van der Waals surface area contributed by atoms with Gasteiger partial charge >= 0.3 is 0 Å². The smallest absolute Gasteiger partial charge is 0.270 e. The van der Waals surface area contributed by atoms with E-state index in [1.165, 1.54) is 18.3 Å². The van der Waals surface area contributed by atoms with Crippen molar-refractivity contribution in [3.63, 3.8) is 0 Å². The fraction of sp³-hybridized carbons (Fsp3) is 0.190. The Balaban J connectivity index is 1.41. The van der Waals surface area contributed by atoms with Crippen LogP contribution in [-0.2, 0) is 0 Å². The van der Waals surface area contributed by atoms with E-state index < -0.39 is 0 Å². The van der Waals surface area contributed by atoms with Crippen LogP contribution in [0.5, 0.6) is 5.88 Å². The predicted molar refractivity (Wildman–Crippen MR) is 100 cm³/mol. The van der Waals surface area contributed by atoms with E-state index >= 15 is 0 Å². The van der Waals surface area contributed by atoms with Gasteiger partial charge in [0.15, 0.2) is 0 Å². The van der Waals surface area contributed by atoms with Crippen molar-refractivity contribution in [2.45, 2.75) is 12.5 Å². The average molecular weight is 376 g/mol. The largest absolute Gasteiger partial charge is 0.472 e. The number of benzene rings is 1. The van der Waals surface area contributed by atoms with Crippen molar-refractivity contribution < 1.29 is 13.9 Å². The lowest BCUT2D eigenvalue weighted by Crippen LogP contribution is -2.31. The Morgan fingerprint density at radius 1 is 1.25 bits per heavy atom. The molecule has 28 heavy (non-hydrogen) atoms. The summed E-state index contributed by atoms with van der Waals surface area (Å²) in [6.45, 7) is 1.02. The minimum Gasteiger partial charge on any atom is -0.472 e. The van der Waals surface area contributed by atoms with Gasteiger partial charge < -0.3 is 14.6 Å². The standard InChI is InChI=1S/C21H17FN4O2/c22-17-3-1-15(2-4-17)16-10-19(25-12-16)21(27)26-8-6-18(13-26)28-20-9-14(11-23)5-7-24-20/h1-5,7,9-10,12,18,25H,6,8,13H2. The number of aromatic nitrogens is 2. The number of carbonyl (C=O) groups is 1. The van der Waals surface area contributed by atoms with Crippen LogP contribution in [0.3, 0.4) is 0 Å². The van der Waals surface area contributed by atoms with Crippen molar-refractivity contribution in [3.8, 4) is 23.1 Å². The number of nitrogens with zero attached hydrogens (tertiary/aromatic N) is 3. The van der Waals surface area contributed by atoms with Gasteiger partial charge in [0.1, 0.15) is 17.6 Å². The second-order valence-electron chi connectivity index (χ2n) is 6.58. The normalized spacial score (nSPS) is 16.0. The molecule has 1 fully saturated rings. The van der Waals surface area contributed by atoms with Gasteiger partial charge in [0.05, 0.1) is 18.2 Å². The minimum absolute atomic E-state index is 0.113. The third kappa shape index (κ3) is 3.71. The van der Waals surface area contributed by atoms with E-state index in [0.717, 1.165) is 11.1 Å². The highest BCUT2D eigenvalue weighted by Crippen LogP contribution is 2.23. The second kappa shape index (κ2) is 7.53. The number of pyridine rings is 1. The minimum atomic E-state index is -0.298. The molecule has 1 saturated heterocycles. The molecule has 1 N–H and O–H groups in total. The Kier molecular flexibility index (Phi) is 4.77. The van der Waals surface area contributed by atoms with Crippen LogP contribution in [0.4, 0.5) is 4.39 Å². The van der Waals surface area contributed by atoms with Crippen LogP contribution in [0.15, 0.2) is 54.9 Å². The van der Waals surface area contributed by atoms with Crippen molar-refractivity contribution in [1.82, 2.24) is 14.9 Å². The molecular weight excluding hydrogens is 359 g/mol. The van der Waals surface area contributed by atoms with Crippen molar-refractivity contribution in [1.29, 1.82) is 5.26 Å². The highest BCUT2D eigenvalue weighted by molar-refractivity contribution is 5.94. The number of nitrogens with one attached hydrogen (secondary N) is 1. The molecule has 1 aliphatic rings. The number of rotatable bonds is 4. The Bertz CT molecular complexity index is 1040. The van der Waals surface area contributed by atoms with Gasteiger partial charge in [0.25, 0.3) is 5.91 Å². The number of nitriles is 1. The number of halogens is 1. The van der Waals surface area contributed by atoms with Gasteiger partial charge in [-0.2, -0.15) is 5.26 Å². The Hall–Kier alpha value is -3.66. The van der Waals surface area contributed by atoms with Gasteiger partial charge in [-0.25, -0.2) is 9.37 Å². The molecule has 6 nitrogen and oxygen atoms in total. The van der Waals surface area contributed by atoms with Crippen molar-refractivity contribution in [2.24, 2.45) is 0 Å². The quantitative estimate of drug-likeness (QED) is 0.757. The molecule has 3 aromatic rings. The lowest BCUT2D eigenvalue weighted by Gasteiger charge is -2.16. The molecule has 0 radical (unpaired) electrons. The number of amides is 1. The van der Waals surface area contributed by atoms with E-state index in [9.17, 15) is 9.18 Å². The molecule has 0 aliphatic carbocycles. The number of hydrogen-bond acceptors (Lipinski definition) is 4. The van der Waals surface area contributed by atoms with Crippen LogP contribution in [0.2, 0.25) is 0 Å². The lowest BCUT2D eigenvalue weighted by atomic mass is 10.1. The Labute approximate surface area is 161 Å². The molecule has 1 aliphatic heterocycles. The molecule has 7 heteroatoms. The maximum absolute atomic E-state index is 13.1. The van der Waals surface area contributed by atoms with E-state index in [-0.39, 0.29) is 17.8 Å². The first kappa shape index (κ1) is 17.7. The van der Waals surface area contributed by atoms with Crippen LogP contribution in [-0.4, -0.2) is 40.0 Å². The number of aromatic amines is 1. The van der Waals surface area contributed by atoms with E-state index in [1.807, 2.05) is 0 Å². The molecular formula is C21H17FN4O2. The first-order valence-electron chi connectivity index (χ1n) is 8.89. The summed E-state index contributed by atoms with van der Waals surface area (Å²) >= 11 is 0. The zero-order chi connectivity index (χ0) is 19.5. The fourth-order valence-electron chi connectivity index (χ4n) is 3.22. The third-order valence-electron chi connectivity index (χ3n) is 4.67. The molecule has 4 rings (SSSR count).